The van der Waals surface area contributed by atoms with Crippen molar-refractivity contribution in [3.05, 3.63) is 0 Å². The van der Waals surface area contributed by atoms with E-state index in [-0.39, 0.29) is 11.9 Å². The minimum atomic E-state index is -0.758. The molecule has 0 radical (unpaired) electrons. The Morgan fingerprint density at radius 1 is 1.60 bits per heavy atom. The number of aliphatic imine (C=N–C) groups is 1. The molecule has 3 rings (SSSR count). The van der Waals surface area contributed by atoms with Gasteiger partial charge in [0.1, 0.15) is 0 Å². The fourth-order valence-electron chi connectivity index (χ4n) is 2.70. The van der Waals surface area contributed by atoms with Crippen molar-refractivity contribution in [2.75, 3.05) is 6.54 Å². The average molecular weight is 209 g/mol. The summed E-state index contributed by atoms with van der Waals surface area (Å²) in [6.45, 7) is 2.79. The van der Waals surface area contributed by atoms with Crippen LogP contribution in [0.1, 0.15) is 26.2 Å². The van der Waals surface area contributed by atoms with Gasteiger partial charge in [-0.3, -0.25) is 9.69 Å². The van der Waals surface area contributed by atoms with E-state index in [0.29, 0.717) is 25.0 Å². The van der Waals surface area contributed by atoms with Crippen LogP contribution in [0.5, 0.6) is 0 Å². The van der Waals surface area contributed by atoms with Crippen molar-refractivity contribution < 1.29 is 9.53 Å². The van der Waals surface area contributed by atoms with Gasteiger partial charge in [-0.15, -0.1) is 0 Å². The van der Waals surface area contributed by atoms with Gasteiger partial charge >= 0.3 is 0 Å². The van der Waals surface area contributed by atoms with Gasteiger partial charge in [-0.2, -0.15) is 4.99 Å². The van der Waals surface area contributed by atoms with Crippen LogP contribution in [-0.4, -0.2) is 41.1 Å². The lowest BCUT2D eigenvalue weighted by Crippen LogP contribution is -2.41. The Bertz CT molecular complexity index is 351. The van der Waals surface area contributed by atoms with Crippen LogP contribution in [0.3, 0.4) is 0 Å². The second-order valence-electron chi connectivity index (χ2n) is 4.81. The fourth-order valence-corrected chi connectivity index (χ4v) is 2.70. The number of rotatable bonds is 1. The van der Waals surface area contributed by atoms with Crippen LogP contribution in [0.15, 0.2) is 4.99 Å². The quantitative estimate of drug-likeness (QED) is 0.652. The summed E-state index contributed by atoms with van der Waals surface area (Å²) in [6, 6.07) is 1.07. The van der Waals surface area contributed by atoms with Crippen LogP contribution < -0.4 is 5.73 Å². The highest BCUT2D eigenvalue weighted by Crippen LogP contribution is 2.40. The molecule has 2 fully saturated rings. The van der Waals surface area contributed by atoms with E-state index in [2.05, 4.69) is 16.8 Å². The van der Waals surface area contributed by atoms with Gasteiger partial charge in [-0.05, 0) is 19.8 Å². The summed E-state index contributed by atoms with van der Waals surface area (Å²) in [5, 5.41) is 0. The summed E-state index contributed by atoms with van der Waals surface area (Å²) in [7, 11) is 0. The summed E-state index contributed by atoms with van der Waals surface area (Å²) < 4.78 is 5.44. The number of carbonyl (C=O) groups is 1. The molecule has 5 heteroatoms. The van der Waals surface area contributed by atoms with Gasteiger partial charge in [0.25, 0.3) is 11.9 Å². The van der Waals surface area contributed by atoms with Crippen LogP contribution in [-0.2, 0) is 9.53 Å². The summed E-state index contributed by atoms with van der Waals surface area (Å²) in [4.78, 5) is 17.8. The van der Waals surface area contributed by atoms with Gasteiger partial charge in [0, 0.05) is 25.0 Å². The number of carbonyl (C=O) groups excluding carboxylic acids is 1. The predicted molar refractivity (Wildman–Crippen MR) is 54.3 cm³/mol. The summed E-state index contributed by atoms with van der Waals surface area (Å²) in [5.41, 5.74) is 4.69. The molecule has 0 aromatic rings. The molecule has 1 saturated heterocycles. The second-order valence-corrected chi connectivity index (χ2v) is 4.81. The maximum atomic E-state index is 11.7. The standard InChI is InChI=1S/C10H15N3O2/c1-6-4-10(5-13(6)7-2-3-7)8(14)12-9(11)15-10/h6-7H,2-5H2,1H3,(H2,11,12,14). The Morgan fingerprint density at radius 3 is 2.87 bits per heavy atom. The third kappa shape index (κ3) is 1.26. The predicted octanol–water partition coefficient (Wildman–Crippen LogP) is -0.147. The van der Waals surface area contributed by atoms with Gasteiger partial charge in [-0.25, -0.2) is 0 Å². The van der Waals surface area contributed by atoms with E-state index in [0.717, 1.165) is 0 Å². The Balaban J connectivity index is 1.82. The number of amides is 1. The number of hydrogen-bond acceptors (Lipinski definition) is 4. The number of amidine groups is 1. The zero-order valence-corrected chi connectivity index (χ0v) is 8.77. The lowest BCUT2D eigenvalue weighted by Gasteiger charge is -2.21. The van der Waals surface area contributed by atoms with E-state index < -0.39 is 5.60 Å². The highest BCUT2D eigenvalue weighted by Gasteiger charge is 2.56. The van der Waals surface area contributed by atoms with Crippen LogP contribution in [0.25, 0.3) is 0 Å². The highest BCUT2D eigenvalue weighted by molar-refractivity contribution is 6.01. The monoisotopic (exact) mass is 209 g/mol. The number of nitrogens with two attached hydrogens (primary N) is 1. The molecule has 5 nitrogen and oxygen atoms in total. The van der Waals surface area contributed by atoms with Crippen molar-refractivity contribution in [2.24, 2.45) is 10.7 Å². The number of hydrogen-bond donors (Lipinski definition) is 1. The van der Waals surface area contributed by atoms with Crippen molar-refractivity contribution in [1.82, 2.24) is 4.90 Å². The van der Waals surface area contributed by atoms with E-state index in [9.17, 15) is 4.79 Å². The first-order valence-corrected chi connectivity index (χ1v) is 5.44. The smallest absolute Gasteiger partial charge is 0.295 e. The molecule has 0 aromatic heterocycles. The van der Waals surface area contributed by atoms with E-state index >= 15 is 0 Å². The first-order chi connectivity index (χ1) is 7.11. The van der Waals surface area contributed by atoms with Gasteiger partial charge < -0.3 is 10.5 Å². The zero-order chi connectivity index (χ0) is 10.6. The highest BCUT2D eigenvalue weighted by atomic mass is 16.5. The zero-order valence-electron chi connectivity index (χ0n) is 8.77. The fraction of sp³-hybridized carbons (Fsp3) is 0.800. The Kier molecular flexibility index (Phi) is 1.66. The Morgan fingerprint density at radius 2 is 2.33 bits per heavy atom. The van der Waals surface area contributed by atoms with E-state index in [1.165, 1.54) is 12.8 Å². The topological polar surface area (TPSA) is 67.9 Å². The molecule has 2 aliphatic heterocycles. The van der Waals surface area contributed by atoms with Gasteiger partial charge in [0.15, 0.2) is 0 Å². The molecule has 2 unspecified atom stereocenters. The molecule has 15 heavy (non-hydrogen) atoms. The molecule has 0 aromatic carbocycles. The summed E-state index contributed by atoms with van der Waals surface area (Å²) >= 11 is 0. The molecule has 2 heterocycles. The molecular weight excluding hydrogens is 194 g/mol. The van der Waals surface area contributed by atoms with Gasteiger partial charge in [0.2, 0.25) is 5.60 Å². The summed E-state index contributed by atoms with van der Waals surface area (Å²) in [6.07, 6.45) is 3.20. The average Bonchev–Trinajstić information content (AvgIpc) is 2.87. The molecule has 1 saturated carbocycles. The molecule has 1 spiro atoms. The first-order valence-electron chi connectivity index (χ1n) is 5.44. The Labute approximate surface area is 88.3 Å². The van der Waals surface area contributed by atoms with Gasteiger partial charge in [0.05, 0.1) is 0 Å². The molecule has 3 aliphatic rings. The molecule has 2 atom stereocenters. The number of nitrogens with zero attached hydrogens (tertiary/aromatic N) is 2. The molecule has 1 amide bonds. The minimum Gasteiger partial charge on any atom is -0.447 e. The summed E-state index contributed by atoms with van der Waals surface area (Å²) in [5.74, 6) is -0.199. The second kappa shape index (κ2) is 2.72. The maximum Gasteiger partial charge on any atom is 0.295 e. The molecular formula is C10H15N3O2. The van der Waals surface area contributed by atoms with Crippen LogP contribution >= 0.6 is 0 Å². The van der Waals surface area contributed by atoms with Crippen LogP contribution in [0, 0.1) is 0 Å². The van der Waals surface area contributed by atoms with Crippen molar-refractivity contribution in [3.63, 3.8) is 0 Å². The molecule has 0 bridgehead atoms. The first kappa shape index (κ1) is 9.15. The lowest BCUT2D eigenvalue weighted by atomic mass is 10.0. The third-order valence-corrected chi connectivity index (χ3v) is 3.55. The Hall–Kier alpha value is -1.10. The van der Waals surface area contributed by atoms with E-state index in [1.54, 1.807) is 0 Å². The number of likely N-dealkylation sites (tertiary alicyclic amines) is 1. The van der Waals surface area contributed by atoms with Gasteiger partial charge in [-0.1, -0.05) is 0 Å². The molecule has 82 valence electrons. The van der Waals surface area contributed by atoms with Crippen LogP contribution in [0.2, 0.25) is 0 Å². The largest absolute Gasteiger partial charge is 0.447 e. The third-order valence-electron chi connectivity index (χ3n) is 3.55. The lowest BCUT2D eigenvalue weighted by molar-refractivity contribution is -0.129. The van der Waals surface area contributed by atoms with Crippen molar-refractivity contribution in [3.8, 4) is 0 Å². The van der Waals surface area contributed by atoms with E-state index in [4.69, 9.17) is 10.5 Å². The maximum absolute atomic E-state index is 11.7. The van der Waals surface area contributed by atoms with Crippen molar-refractivity contribution >= 4 is 11.9 Å². The molecule has 1 aliphatic carbocycles. The number of ether oxygens (including phenoxy) is 1. The van der Waals surface area contributed by atoms with E-state index in [1.807, 2.05) is 0 Å². The molecule has 2 N–H and O–H groups in total. The van der Waals surface area contributed by atoms with Crippen molar-refractivity contribution in [2.45, 2.75) is 43.9 Å². The minimum absolute atomic E-state index is 0.0323. The van der Waals surface area contributed by atoms with Crippen LogP contribution in [0.4, 0.5) is 0 Å². The van der Waals surface area contributed by atoms with Crippen molar-refractivity contribution in [1.29, 1.82) is 0 Å². The normalized spacial score (nSPS) is 41.0. The SMILES string of the molecule is CC1CC2(CN1C1CC1)OC(N)=NC2=O.